The highest BCUT2D eigenvalue weighted by molar-refractivity contribution is 5.79. The predicted molar refractivity (Wildman–Crippen MR) is 58.3 cm³/mol. The van der Waals surface area contributed by atoms with Crippen molar-refractivity contribution < 1.29 is 9.90 Å². The van der Waals surface area contributed by atoms with Crippen LogP contribution in [0.2, 0.25) is 0 Å². The number of carboxylic acids is 1. The fraction of sp³-hybridized carbons (Fsp3) is 0.583. The molecule has 0 amide bonds. The second-order valence-corrected chi connectivity index (χ2v) is 4.77. The predicted octanol–water partition coefficient (Wildman–Crippen LogP) is 1.70. The molecule has 3 N–H and O–H groups in total. The van der Waals surface area contributed by atoms with Gasteiger partial charge in [-0.05, 0) is 31.1 Å². The van der Waals surface area contributed by atoms with Gasteiger partial charge >= 0.3 is 5.97 Å². The van der Waals surface area contributed by atoms with Crippen LogP contribution in [0.1, 0.15) is 26.2 Å². The highest BCUT2D eigenvalue weighted by Crippen LogP contribution is 2.41. The van der Waals surface area contributed by atoms with Crippen molar-refractivity contribution in [2.45, 2.75) is 31.7 Å². The minimum absolute atomic E-state index is 0.502. The molecule has 1 saturated carbocycles. The monoisotopic (exact) mass is 207 g/mol. The van der Waals surface area contributed by atoms with Crippen LogP contribution in [0.15, 0.2) is 23.8 Å². The van der Waals surface area contributed by atoms with E-state index >= 15 is 0 Å². The third-order valence-corrected chi connectivity index (χ3v) is 3.68. The summed E-state index contributed by atoms with van der Waals surface area (Å²) in [6.45, 7) is 2.18. The van der Waals surface area contributed by atoms with E-state index in [-0.39, 0.29) is 0 Å². The lowest BCUT2D eigenvalue weighted by molar-refractivity contribution is -0.144. The zero-order valence-electron chi connectivity index (χ0n) is 8.94. The van der Waals surface area contributed by atoms with E-state index in [1.54, 1.807) is 0 Å². The second kappa shape index (κ2) is 3.49. The first-order chi connectivity index (χ1) is 7.03. The van der Waals surface area contributed by atoms with E-state index in [1.807, 2.05) is 12.2 Å². The van der Waals surface area contributed by atoms with Gasteiger partial charge in [0.15, 0.2) is 0 Å². The van der Waals surface area contributed by atoms with Gasteiger partial charge in [-0.1, -0.05) is 30.7 Å². The fourth-order valence-electron chi connectivity index (χ4n) is 2.64. The van der Waals surface area contributed by atoms with Crippen molar-refractivity contribution in [2.75, 3.05) is 0 Å². The van der Waals surface area contributed by atoms with Crippen molar-refractivity contribution in [2.24, 2.45) is 17.6 Å². The topological polar surface area (TPSA) is 63.3 Å². The molecule has 0 spiro atoms. The van der Waals surface area contributed by atoms with Gasteiger partial charge in [-0.15, -0.1) is 0 Å². The summed E-state index contributed by atoms with van der Waals surface area (Å²) in [5, 5.41) is 9.08. The molecule has 3 atom stereocenters. The van der Waals surface area contributed by atoms with Crippen LogP contribution >= 0.6 is 0 Å². The fourth-order valence-corrected chi connectivity index (χ4v) is 2.64. The van der Waals surface area contributed by atoms with Crippen molar-refractivity contribution in [3.8, 4) is 0 Å². The van der Waals surface area contributed by atoms with Crippen LogP contribution in [0.3, 0.4) is 0 Å². The maximum atomic E-state index is 11.1. The zero-order valence-corrected chi connectivity index (χ0v) is 8.94. The van der Waals surface area contributed by atoms with Gasteiger partial charge in [0.1, 0.15) is 5.54 Å². The number of hydrogen-bond donors (Lipinski definition) is 2. The summed E-state index contributed by atoms with van der Waals surface area (Å²) < 4.78 is 0. The first-order valence-corrected chi connectivity index (χ1v) is 5.42. The smallest absolute Gasteiger partial charge is 0.324 e. The number of hydrogen-bond acceptors (Lipinski definition) is 2. The molecule has 1 fully saturated rings. The number of carboxylic acid groups (broad SMARTS) is 1. The molecule has 3 nitrogen and oxygen atoms in total. The molecule has 3 unspecified atom stereocenters. The summed E-state index contributed by atoms with van der Waals surface area (Å²) in [5.74, 6) is 0.151. The number of nitrogens with two attached hydrogens (primary N) is 1. The lowest BCUT2D eigenvalue weighted by Gasteiger charge is -2.39. The Labute approximate surface area is 89.7 Å². The molecule has 3 heteroatoms. The van der Waals surface area contributed by atoms with Gasteiger partial charge in [0.25, 0.3) is 0 Å². The third kappa shape index (κ3) is 1.72. The highest BCUT2D eigenvalue weighted by Gasteiger charge is 2.41. The molecule has 2 rings (SSSR count). The Hall–Kier alpha value is -1.09. The number of allylic oxidation sites excluding steroid dienone is 3. The first-order valence-electron chi connectivity index (χ1n) is 5.42. The molecular formula is C12H17NO2. The van der Waals surface area contributed by atoms with Crippen LogP contribution in [0.5, 0.6) is 0 Å². The zero-order chi connectivity index (χ0) is 11.1. The molecule has 15 heavy (non-hydrogen) atoms. The standard InChI is InChI=1S/C12H17NO2/c1-8-3-2-4-9-7-12(13,11(14)15)6-5-10(8)9/h2-4,8,10H,5-7,13H2,1H3,(H,14,15). The maximum Gasteiger partial charge on any atom is 0.324 e. The van der Waals surface area contributed by atoms with Crippen molar-refractivity contribution in [3.63, 3.8) is 0 Å². The van der Waals surface area contributed by atoms with Gasteiger partial charge in [0, 0.05) is 0 Å². The van der Waals surface area contributed by atoms with Gasteiger partial charge in [0.05, 0.1) is 0 Å². The molecule has 0 heterocycles. The van der Waals surface area contributed by atoms with E-state index < -0.39 is 11.5 Å². The van der Waals surface area contributed by atoms with Gasteiger partial charge in [-0.2, -0.15) is 0 Å². The van der Waals surface area contributed by atoms with E-state index in [9.17, 15) is 4.79 Å². The Morgan fingerprint density at radius 1 is 1.67 bits per heavy atom. The SMILES string of the molecule is CC1C=CC=C2CC(N)(C(=O)O)CCC21. The molecule has 0 aromatic rings. The van der Waals surface area contributed by atoms with Crippen LogP contribution in [-0.4, -0.2) is 16.6 Å². The Kier molecular flexibility index (Phi) is 2.43. The van der Waals surface area contributed by atoms with Crippen molar-refractivity contribution in [3.05, 3.63) is 23.8 Å². The summed E-state index contributed by atoms with van der Waals surface area (Å²) in [4.78, 5) is 11.1. The molecule has 0 bridgehead atoms. The largest absolute Gasteiger partial charge is 0.480 e. The highest BCUT2D eigenvalue weighted by atomic mass is 16.4. The Balaban J connectivity index is 2.22. The van der Waals surface area contributed by atoms with Gasteiger partial charge in [-0.3, -0.25) is 4.79 Å². The number of carbonyl (C=O) groups is 1. The normalized spacial score (nSPS) is 39.5. The Morgan fingerprint density at radius 3 is 3.07 bits per heavy atom. The van der Waals surface area contributed by atoms with Crippen LogP contribution in [0, 0.1) is 11.8 Å². The van der Waals surface area contributed by atoms with Gasteiger partial charge in [-0.25, -0.2) is 0 Å². The first kappa shape index (κ1) is 10.4. The molecule has 0 saturated heterocycles. The molecule has 2 aliphatic carbocycles. The van der Waals surface area contributed by atoms with Crippen molar-refractivity contribution in [1.29, 1.82) is 0 Å². The average molecular weight is 207 g/mol. The third-order valence-electron chi connectivity index (χ3n) is 3.68. The number of rotatable bonds is 1. The minimum Gasteiger partial charge on any atom is -0.480 e. The molecular weight excluding hydrogens is 190 g/mol. The minimum atomic E-state index is -1.03. The molecule has 0 aromatic heterocycles. The van der Waals surface area contributed by atoms with Crippen LogP contribution in [-0.2, 0) is 4.79 Å². The average Bonchev–Trinajstić information content (AvgIpc) is 2.17. The molecule has 82 valence electrons. The van der Waals surface area contributed by atoms with E-state index in [2.05, 4.69) is 13.0 Å². The lowest BCUT2D eigenvalue weighted by Crippen LogP contribution is -2.51. The number of fused-ring (bicyclic) bond motifs is 1. The van der Waals surface area contributed by atoms with Crippen LogP contribution in [0.25, 0.3) is 0 Å². The van der Waals surface area contributed by atoms with E-state index in [4.69, 9.17) is 10.8 Å². The van der Waals surface area contributed by atoms with Crippen molar-refractivity contribution in [1.82, 2.24) is 0 Å². The summed E-state index contributed by atoms with van der Waals surface area (Å²) in [6.07, 6.45) is 8.21. The molecule has 2 aliphatic rings. The second-order valence-electron chi connectivity index (χ2n) is 4.77. The quantitative estimate of drug-likeness (QED) is 0.688. The van der Waals surface area contributed by atoms with E-state index in [0.717, 1.165) is 6.42 Å². The van der Waals surface area contributed by atoms with Gasteiger partial charge < -0.3 is 10.8 Å². The summed E-state index contributed by atoms with van der Waals surface area (Å²) in [7, 11) is 0. The number of aliphatic carboxylic acids is 1. The van der Waals surface area contributed by atoms with E-state index in [1.165, 1.54) is 5.57 Å². The Bertz CT molecular complexity index is 346. The Morgan fingerprint density at radius 2 is 2.40 bits per heavy atom. The molecule has 0 aliphatic heterocycles. The molecule has 0 aromatic carbocycles. The summed E-state index contributed by atoms with van der Waals surface area (Å²) in [5.41, 5.74) is 6.06. The van der Waals surface area contributed by atoms with Crippen molar-refractivity contribution >= 4 is 5.97 Å². The maximum absolute atomic E-state index is 11.1. The van der Waals surface area contributed by atoms with Crippen LogP contribution < -0.4 is 5.73 Å². The lowest BCUT2D eigenvalue weighted by atomic mass is 9.68. The summed E-state index contributed by atoms with van der Waals surface area (Å²) in [6, 6.07) is 0. The molecule has 0 radical (unpaired) electrons. The van der Waals surface area contributed by atoms with Gasteiger partial charge in [0.2, 0.25) is 0 Å². The van der Waals surface area contributed by atoms with E-state index in [0.29, 0.717) is 24.7 Å². The summed E-state index contributed by atoms with van der Waals surface area (Å²) >= 11 is 0. The van der Waals surface area contributed by atoms with Crippen LogP contribution in [0.4, 0.5) is 0 Å².